The number of aromatic nitrogens is 1. The highest BCUT2D eigenvalue weighted by molar-refractivity contribution is 5.95. The number of benzene rings is 2. The van der Waals surface area contributed by atoms with Crippen molar-refractivity contribution < 1.29 is 9.21 Å². The Balaban J connectivity index is 1.62. The van der Waals surface area contributed by atoms with E-state index >= 15 is 0 Å². The van der Waals surface area contributed by atoms with E-state index < -0.39 is 0 Å². The first-order valence-corrected chi connectivity index (χ1v) is 8.14. The van der Waals surface area contributed by atoms with E-state index in [4.69, 9.17) is 4.42 Å². The van der Waals surface area contributed by atoms with Gasteiger partial charge in [-0.2, -0.15) is 0 Å². The molecule has 0 unspecified atom stereocenters. The number of carbonyl (C=O) groups is 1. The average molecular weight is 321 g/mol. The van der Waals surface area contributed by atoms with E-state index in [1.807, 2.05) is 53.4 Å². The lowest BCUT2D eigenvalue weighted by Crippen LogP contribution is -2.47. The predicted molar refractivity (Wildman–Crippen MR) is 92.8 cm³/mol. The maximum atomic E-state index is 12.7. The van der Waals surface area contributed by atoms with E-state index in [-0.39, 0.29) is 5.91 Å². The average Bonchev–Trinajstić information content (AvgIpc) is 3.06. The molecule has 0 radical (unpaired) electrons. The lowest BCUT2D eigenvalue weighted by Gasteiger charge is -2.32. The summed E-state index contributed by atoms with van der Waals surface area (Å²) in [6.07, 6.45) is 0. The Morgan fingerprint density at radius 2 is 1.83 bits per heavy atom. The van der Waals surface area contributed by atoms with Crippen molar-refractivity contribution in [1.29, 1.82) is 0 Å². The van der Waals surface area contributed by atoms with E-state index in [1.54, 1.807) is 0 Å². The van der Waals surface area contributed by atoms with Crippen molar-refractivity contribution in [2.75, 3.05) is 33.2 Å². The van der Waals surface area contributed by atoms with Crippen LogP contribution < -0.4 is 0 Å². The molecule has 3 aromatic rings. The number of piperazine rings is 1. The number of nitrogens with zero attached hydrogens (tertiary/aromatic N) is 3. The second kappa shape index (κ2) is 6.09. The van der Waals surface area contributed by atoms with Crippen LogP contribution in [0.15, 0.2) is 52.9 Å². The van der Waals surface area contributed by atoms with E-state index in [0.717, 1.165) is 42.8 Å². The fraction of sp³-hybridized carbons (Fsp3) is 0.263. The Morgan fingerprint density at radius 3 is 2.62 bits per heavy atom. The molecule has 1 aliphatic heterocycles. The van der Waals surface area contributed by atoms with Crippen molar-refractivity contribution in [1.82, 2.24) is 14.8 Å². The van der Waals surface area contributed by atoms with E-state index in [9.17, 15) is 4.79 Å². The molecule has 0 aliphatic carbocycles. The quantitative estimate of drug-likeness (QED) is 0.728. The molecule has 5 heteroatoms. The molecule has 0 saturated carbocycles. The van der Waals surface area contributed by atoms with Crippen LogP contribution in [0, 0.1) is 0 Å². The third-order valence-corrected chi connectivity index (χ3v) is 4.44. The normalized spacial score (nSPS) is 15.8. The molecule has 0 bridgehead atoms. The molecule has 122 valence electrons. The van der Waals surface area contributed by atoms with Gasteiger partial charge in [-0.15, -0.1) is 0 Å². The Morgan fingerprint density at radius 1 is 1.04 bits per heavy atom. The van der Waals surface area contributed by atoms with Crippen LogP contribution in [0.3, 0.4) is 0 Å². The van der Waals surface area contributed by atoms with Crippen LogP contribution in [0.5, 0.6) is 0 Å². The monoisotopic (exact) mass is 321 g/mol. The van der Waals surface area contributed by atoms with Crippen LogP contribution in [0.1, 0.15) is 10.4 Å². The summed E-state index contributed by atoms with van der Waals surface area (Å²) >= 11 is 0. The predicted octanol–water partition coefficient (Wildman–Crippen LogP) is 2.88. The highest BCUT2D eigenvalue weighted by atomic mass is 16.3. The van der Waals surface area contributed by atoms with Gasteiger partial charge in [-0.25, -0.2) is 4.98 Å². The minimum absolute atomic E-state index is 0.0704. The van der Waals surface area contributed by atoms with Gasteiger partial charge in [-0.1, -0.05) is 18.2 Å². The van der Waals surface area contributed by atoms with Gasteiger partial charge in [0.25, 0.3) is 5.91 Å². The van der Waals surface area contributed by atoms with Gasteiger partial charge >= 0.3 is 0 Å². The first-order valence-electron chi connectivity index (χ1n) is 8.14. The highest BCUT2D eigenvalue weighted by Crippen LogP contribution is 2.25. The second-order valence-electron chi connectivity index (χ2n) is 6.16. The molecule has 4 rings (SSSR count). The number of fused-ring (bicyclic) bond motifs is 1. The topological polar surface area (TPSA) is 49.6 Å². The number of likely N-dealkylation sites (N-methyl/N-ethyl adjacent to an activating group) is 1. The summed E-state index contributed by atoms with van der Waals surface area (Å²) in [6, 6.07) is 15.2. The zero-order valence-corrected chi connectivity index (χ0v) is 13.6. The summed E-state index contributed by atoms with van der Waals surface area (Å²) in [5, 5.41) is 0. The molecule has 0 N–H and O–H groups in total. The number of hydrogen-bond acceptors (Lipinski definition) is 4. The van der Waals surface area contributed by atoms with Gasteiger partial charge in [0.15, 0.2) is 5.58 Å². The van der Waals surface area contributed by atoms with Gasteiger partial charge in [0.1, 0.15) is 5.52 Å². The smallest absolute Gasteiger partial charge is 0.253 e. The lowest BCUT2D eigenvalue weighted by atomic mass is 10.1. The van der Waals surface area contributed by atoms with Gasteiger partial charge in [-0.05, 0) is 37.4 Å². The number of rotatable bonds is 2. The van der Waals surface area contributed by atoms with Crippen LogP contribution in [-0.4, -0.2) is 53.9 Å². The van der Waals surface area contributed by atoms with Crippen LogP contribution in [0.4, 0.5) is 0 Å². The molecule has 0 atom stereocenters. The first-order chi connectivity index (χ1) is 11.7. The van der Waals surface area contributed by atoms with E-state index in [1.165, 1.54) is 0 Å². The molecule has 5 nitrogen and oxygen atoms in total. The zero-order valence-electron chi connectivity index (χ0n) is 13.6. The summed E-state index contributed by atoms with van der Waals surface area (Å²) in [5.74, 6) is 0.616. The van der Waals surface area contributed by atoms with Gasteiger partial charge < -0.3 is 14.2 Å². The summed E-state index contributed by atoms with van der Waals surface area (Å²) < 4.78 is 5.81. The van der Waals surface area contributed by atoms with Gasteiger partial charge in [0, 0.05) is 37.3 Å². The summed E-state index contributed by atoms with van der Waals surface area (Å²) in [7, 11) is 2.08. The molecule has 2 aromatic carbocycles. The van der Waals surface area contributed by atoms with Gasteiger partial charge in [0.05, 0.1) is 0 Å². The molecule has 1 aromatic heterocycles. The first kappa shape index (κ1) is 14.9. The Bertz CT molecular complexity index is 846. The number of oxazole rings is 1. The number of amides is 1. The van der Waals surface area contributed by atoms with Gasteiger partial charge in [0.2, 0.25) is 5.89 Å². The number of hydrogen-bond donors (Lipinski definition) is 0. The molecule has 1 aliphatic rings. The van der Waals surface area contributed by atoms with Crippen molar-refractivity contribution in [2.45, 2.75) is 0 Å². The minimum atomic E-state index is 0.0704. The molecule has 1 fully saturated rings. The van der Waals surface area contributed by atoms with Crippen LogP contribution in [0.25, 0.3) is 22.6 Å². The molecule has 1 saturated heterocycles. The van der Waals surface area contributed by atoms with E-state index in [0.29, 0.717) is 11.5 Å². The Kier molecular flexibility index (Phi) is 3.78. The highest BCUT2D eigenvalue weighted by Gasteiger charge is 2.21. The molecule has 1 amide bonds. The fourth-order valence-corrected chi connectivity index (χ4v) is 2.97. The molecule has 24 heavy (non-hydrogen) atoms. The molecule has 2 heterocycles. The summed E-state index contributed by atoms with van der Waals surface area (Å²) in [4.78, 5) is 21.4. The van der Waals surface area contributed by atoms with Crippen LogP contribution >= 0.6 is 0 Å². The molecule has 0 spiro atoms. The van der Waals surface area contributed by atoms with Crippen molar-refractivity contribution in [2.24, 2.45) is 0 Å². The van der Waals surface area contributed by atoms with E-state index in [2.05, 4.69) is 16.9 Å². The SMILES string of the molecule is CN1CCN(C(=O)c2cccc(-c3nc4ccccc4o3)c2)CC1. The standard InChI is InChI=1S/C19H19N3O2/c1-21-9-11-22(12-10-21)19(23)15-6-4-5-14(13-15)18-20-16-7-2-3-8-17(16)24-18/h2-8,13H,9-12H2,1H3. The third-order valence-electron chi connectivity index (χ3n) is 4.44. The summed E-state index contributed by atoms with van der Waals surface area (Å²) in [5.41, 5.74) is 3.08. The van der Waals surface area contributed by atoms with Crippen molar-refractivity contribution >= 4 is 17.0 Å². The minimum Gasteiger partial charge on any atom is -0.436 e. The lowest BCUT2D eigenvalue weighted by molar-refractivity contribution is 0.0664. The van der Waals surface area contributed by atoms with Crippen LogP contribution in [-0.2, 0) is 0 Å². The Labute approximate surface area is 140 Å². The van der Waals surface area contributed by atoms with Gasteiger partial charge in [-0.3, -0.25) is 4.79 Å². The van der Waals surface area contributed by atoms with Crippen LogP contribution in [0.2, 0.25) is 0 Å². The molecular formula is C19H19N3O2. The molecular weight excluding hydrogens is 302 g/mol. The summed E-state index contributed by atoms with van der Waals surface area (Å²) in [6.45, 7) is 3.36. The maximum Gasteiger partial charge on any atom is 0.253 e. The van der Waals surface area contributed by atoms with Crippen molar-refractivity contribution in [3.8, 4) is 11.5 Å². The fourth-order valence-electron chi connectivity index (χ4n) is 2.97. The van der Waals surface area contributed by atoms with Crippen molar-refractivity contribution in [3.63, 3.8) is 0 Å². The maximum absolute atomic E-state index is 12.7. The van der Waals surface area contributed by atoms with Crippen molar-refractivity contribution in [3.05, 3.63) is 54.1 Å². The second-order valence-corrected chi connectivity index (χ2v) is 6.16. The number of para-hydroxylation sites is 2. The zero-order chi connectivity index (χ0) is 16.5. The number of carbonyl (C=O) groups excluding carboxylic acids is 1. The largest absolute Gasteiger partial charge is 0.436 e. The Hall–Kier alpha value is -2.66. The third kappa shape index (κ3) is 2.78.